The minimum absolute atomic E-state index is 0.0454. The van der Waals surface area contributed by atoms with Gasteiger partial charge in [-0.1, -0.05) is 66.4 Å². The highest BCUT2D eigenvalue weighted by Gasteiger charge is 2.30. The molecule has 2 aromatic carbocycles. The molecule has 6 heteroatoms. The zero-order chi connectivity index (χ0) is 19.6. The maximum Gasteiger partial charge on any atom is 0.238 e. The molecule has 1 amide bonds. The van der Waals surface area contributed by atoms with Gasteiger partial charge in [-0.25, -0.2) is 9.97 Å². The Kier molecular flexibility index (Phi) is 5.04. The lowest BCUT2D eigenvalue weighted by molar-refractivity contribution is -0.120. The molecular weight excluding hydrogens is 398 g/mol. The second-order valence-electron chi connectivity index (χ2n) is 7.04. The van der Waals surface area contributed by atoms with Gasteiger partial charge >= 0.3 is 0 Å². The van der Waals surface area contributed by atoms with E-state index in [1.165, 1.54) is 11.8 Å². The van der Waals surface area contributed by atoms with Crippen molar-refractivity contribution in [3.05, 3.63) is 77.7 Å². The molecule has 1 aliphatic rings. The number of thiophene rings is 1. The van der Waals surface area contributed by atoms with E-state index in [0.29, 0.717) is 11.9 Å². The van der Waals surface area contributed by atoms with E-state index in [-0.39, 0.29) is 11.2 Å². The van der Waals surface area contributed by atoms with Gasteiger partial charge in [-0.15, -0.1) is 11.3 Å². The van der Waals surface area contributed by atoms with Crippen molar-refractivity contribution in [1.82, 2.24) is 15.3 Å². The number of fused-ring (bicyclic) bond motifs is 1. The van der Waals surface area contributed by atoms with Crippen molar-refractivity contribution in [2.45, 2.75) is 29.2 Å². The first-order chi connectivity index (χ1) is 14.3. The number of para-hydroxylation sites is 1. The largest absolute Gasteiger partial charge is 0.352 e. The first-order valence-electron chi connectivity index (χ1n) is 9.60. The summed E-state index contributed by atoms with van der Waals surface area (Å²) in [5.74, 6) is 0.750. The Hall–Kier alpha value is -2.70. The molecule has 1 fully saturated rings. The Morgan fingerprint density at radius 2 is 1.79 bits per heavy atom. The Morgan fingerprint density at radius 1 is 1.00 bits per heavy atom. The summed E-state index contributed by atoms with van der Waals surface area (Å²) < 4.78 is 0. The molecule has 0 spiro atoms. The molecule has 4 nitrogen and oxygen atoms in total. The average Bonchev–Trinajstić information content (AvgIpc) is 3.40. The van der Waals surface area contributed by atoms with Gasteiger partial charge in [-0.05, 0) is 35.9 Å². The van der Waals surface area contributed by atoms with Crippen LogP contribution in [-0.4, -0.2) is 21.9 Å². The topological polar surface area (TPSA) is 54.9 Å². The number of hydrogen-bond acceptors (Lipinski definition) is 5. The number of thioether (sulfide) groups is 1. The number of carbonyl (C=O) groups is 1. The summed E-state index contributed by atoms with van der Waals surface area (Å²) in [6, 6.07) is 22.3. The minimum Gasteiger partial charge on any atom is -0.352 e. The van der Waals surface area contributed by atoms with Crippen molar-refractivity contribution in [2.24, 2.45) is 0 Å². The number of carbonyl (C=O) groups excluding carboxylic acids is 1. The summed E-state index contributed by atoms with van der Waals surface area (Å²) in [5, 5.41) is 6.63. The lowest BCUT2D eigenvalue weighted by atomic mass is 10.1. The van der Waals surface area contributed by atoms with Crippen LogP contribution in [0.4, 0.5) is 0 Å². The van der Waals surface area contributed by atoms with E-state index in [4.69, 9.17) is 9.97 Å². The smallest absolute Gasteiger partial charge is 0.238 e. The molecule has 2 heterocycles. The Labute approximate surface area is 177 Å². The Balaban J connectivity index is 1.58. The second kappa shape index (κ2) is 7.97. The maximum absolute atomic E-state index is 13.1. The van der Waals surface area contributed by atoms with E-state index in [2.05, 4.69) is 5.32 Å². The Morgan fingerprint density at radius 3 is 2.55 bits per heavy atom. The molecule has 0 bridgehead atoms. The predicted octanol–water partition coefficient (Wildman–Crippen LogP) is 5.47. The molecule has 1 aliphatic carbocycles. The van der Waals surface area contributed by atoms with Crippen LogP contribution in [0.15, 0.2) is 77.1 Å². The lowest BCUT2D eigenvalue weighted by Crippen LogP contribution is -2.29. The third-order valence-electron chi connectivity index (χ3n) is 4.80. The number of aromatic nitrogens is 2. The lowest BCUT2D eigenvalue weighted by Gasteiger charge is -2.17. The zero-order valence-electron chi connectivity index (χ0n) is 15.6. The van der Waals surface area contributed by atoms with Crippen LogP contribution in [-0.2, 0) is 4.79 Å². The van der Waals surface area contributed by atoms with Crippen LogP contribution < -0.4 is 5.32 Å². The molecule has 0 saturated heterocycles. The van der Waals surface area contributed by atoms with Crippen LogP contribution >= 0.6 is 23.1 Å². The number of rotatable bonds is 6. The number of benzene rings is 2. The Bertz CT molecular complexity index is 1140. The normalized spacial score (nSPS) is 14.6. The first kappa shape index (κ1) is 18.3. The summed E-state index contributed by atoms with van der Waals surface area (Å²) in [7, 11) is 0. The van der Waals surface area contributed by atoms with Crippen molar-refractivity contribution >= 4 is 39.9 Å². The molecule has 1 saturated carbocycles. The van der Waals surface area contributed by atoms with Gasteiger partial charge in [-0.3, -0.25) is 4.79 Å². The van der Waals surface area contributed by atoms with Crippen molar-refractivity contribution in [1.29, 1.82) is 0 Å². The molecule has 1 N–H and O–H groups in total. The van der Waals surface area contributed by atoms with Crippen LogP contribution in [0.3, 0.4) is 0 Å². The summed E-state index contributed by atoms with van der Waals surface area (Å²) >= 11 is 3.12. The molecule has 144 valence electrons. The van der Waals surface area contributed by atoms with E-state index in [1.54, 1.807) is 11.3 Å². The van der Waals surface area contributed by atoms with Gasteiger partial charge in [0.2, 0.25) is 5.91 Å². The van der Waals surface area contributed by atoms with E-state index in [1.807, 2.05) is 72.1 Å². The molecule has 0 radical (unpaired) electrons. The van der Waals surface area contributed by atoms with E-state index in [9.17, 15) is 4.79 Å². The molecule has 5 rings (SSSR count). The maximum atomic E-state index is 13.1. The van der Waals surface area contributed by atoms with E-state index < -0.39 is 0 Å². The van der Waals surface area contributed by atoms with Gasteiger partial charge in [0.25, 0.3) is 0 Å². The fourth-order valence-electron chi connectivity index (χ4n) is 3.17. The molecular formula is C23H19N3OS2. The predicted molar refractivity (Wildman–Crippen MR) is 119 cm³/mol. The molecule has 1 atom stereocenters. The summed E-state index contributed by atoms with van der Waals surface area (Å²) in [6.07, 6.45) is 2.13. The monoisotopic (exact) mass is 417 g/mol. The van der Waals surface area contributed by atoms with Crippen LogP contribution in [0, 0.1) is 0 Å². The molecule has 2 aromatic heterocycles. The van der Waals surface area contributed by atoms with Gasteiger partial charge in [0.05, 0.1) is 10.4 Å². The third-order valence-corrected chi connectivity index (χ3v) is 6.93. The highest BCUT2D eigenvalue weighted by atomic mass is 32.2. The standard InChI is InChI=1S/C23H19N3OS2/c27-22(24-16-12-13-16)20(15-7-2-1-3-8-15)29-23-17-9-4-5-10-18(17)25-21(26-23)19-11-6-14-28-19/h1-11,14,16,20H,12-13H2,(H,24,27)/t20-/m1/s1. The van der Waals surface area contributed by atoms with Crippen molar-refractivity contribution in [3.63, 3.8) is 0 Å². The molecule has 4 aromatic rings. The van der Waals surface area contributed by atoms with E-state index >= 15 is 0 Å². The number of nitrogens with zero attached hydrogens (tertiary/aromatic N) is 2. The van der Waals surface area contributed by atoms with Gasteiger partial charge < -0.3 is 5.32 Å². The van der Waals surface area contributed by atoms with Crippen molar-refractivity contribution in [2.75, 3.05) is 0 Å². The fourth-order valence-corrected chi connectivity index (χ4v) is 4.96. The van der Waals surface area contributed by atoms with Gasteiger partial charge in [0.15, 0.2) is 5.82 Å². The molecule has 0 unspecified atom stereocenters. The minimum atomic E-state index is -0.355. The van der Waals surface area contributed by atoms with E-state index in [0.717, 1.165) is 39.2 Å². The van der Waals surface area contributed by atoms with Crippen LogP contribution in [0.25, 0.3) is 21.6 Å². The zero-order valence-corrected chi connectivity index (χ0v) is 17.2. The van der Waals surface area contributed by atoms with Crippen LogP contribution in [0.1, 0.15) is 23.7 Å². The highest BCUT2D eigenvalue weighted by Crippen LogP contribution is 2.39. The van der Waals surface area contributed by atoms with Crippen LogP contribution in [0.5, 0.6) is 0 Å². The SMILES string of the molecule is O=C(NC1CC1)[C@H](Sc1nc(-c2cccs2)nc2ccccc12)c1ccccc1. The summed E-state index contributed by atoms with van der Waals surface area (Å²) in [4.78, 5) is 23.7. The average molecular weight is 418 g/mol. The van der Waals surface area contributed by atoms with Gasteiger partial charge in [-0.2, -0.15) is 0 Å². The van der Waals surface area contributed by atoms with Crippen molar-refractivity contribution < 1.29 is 4.79 Å². The number of nitrogens with one attached hydrogen (secondary N) is 1. The van der Waals surface area contributed by atoms with Crippen molar-refractivity contribution in [3.8, 4) is 10.7 Å². The highest BCUT2D eigenvalue weighted by molar-refractivity contribution is 8.00. The molecule has 0 aliphatic heterocycles. The summed E-state index contributed by atoms with van der Waals surface area (Å²) in [5.41, 5.74) is 1.87. The molecule has 29 heavy (non-hydrogen) atoms. The van der Waals surface area contributed by atoms with Crippen LogP contribution in [0.2, 0.25) is 0 Å². The van der Waals surface area contributed by atoms with Gasteiger partial charge in [0, 0.05) is 11.4 Å². The second-order valence-corrected chi connectivity index (χ2v) is 9.08. The fraction of sp³-hybridized carbons (Fsp3) is 0.174. The van der Waals surface area contributed by atoms with Gasteiger partial charge in [0.1, 0.15) is 10.3 Å². The number of amides is 1. The quantitative estimate of drug-likeness (QED) is 0.334. The number of hydrogen-bond donors (Lipinski definition) is 1. The first-order valence-corrected chi connectivity index (χ1v) is 11.4. The third kappa shape index (κ3) is 4.04. The summed E-state index contributed by atoms with van der Waals surface area (Å²) in [6.45, 7) is 0.